The number of carbonyl (C=O) groups is 1. The molecule has 0 aliphatic rings. The number of nitrogens with zero attached hydrogens (tertiary/aromatic N) is 3. The lowest BCUT2D eigenvalue weighted by molar-refractivity contribution is -0.383. The Morgan fingerprint density at radius 1 is 0.938 bits per heavy atom. The largest absolute Gasteiger partial charge is 0.355 e. The minimum Gasteiger partial charge on any atom is -0.334 e. The zero-order chi connectivity index (χ0) is 22.7. The SMILES string of the molecule is Cc1cccc(Nc2ncnc(NNC(=O)c3cccc4ccccc34)c2[N+](=O)[O-])c1C. The van der Waals surface area contributed by atoms with Crippen LogP contribution in [0.5, 0.6) is 0 Å². The van der Waals surface area contributed by atoms with E-state index in [1.807, 2.05) is 62.4 Å². The fourth-order valence-corrected chi connectivity index (χ4v) is 3.36. The molecule has 1 amide bonds. The third-order valence-electron chi connectivity index (χ3n) is 5.19. The van der Waals surface area contributed by atoms with Crippen LogP contribution in [0.15, 0.2) is 67.0 Å². The number of nitro groups is 1. The lowest BCUT2D eigenvalue weighted by atomic mass is 10.0. The number of amides is 1. The molecule has 1 aromatic heterocycles. The molecule has 0 aliphatic carbocycles. The highest BCUT2D eigenvalue weighted by Crippen LogP contribution is 2.32. The Bertz CT molecular complexity index is 1330. The molecule has 0 atom stereocenters. The quantitative estimate of drug-likeness (QED) is 0.302. The number of benzene rings is 3. The minimum absolute atomic E-state index is 0.0145. The smallest absolute Gasteiger partial charge is 0.334 e. The number of carbonyl (C=O) groups excluding carboxylic acids is 1. The van der Waals surface area contributed by atoms with Gasteiger partial charge < -0.3 is 5.32 Å². The zero-order valence-electron chi connectivity index (χ0n) is 17.4. The van der Waals surface area contributed by atoms with Gasteiger partial charge in [0.25, 0.3) is 5.91 Å². The summed E-state index contributed by atoms with van der Waals surface area (Å²) < 4.78 is 0. The first kappa shape index (κ1) is 20.7. The molecular weight excluding hydrogens is 408 g/mol. The zero-order valence-corrected chi connectivity index (χ0v) is 17.4. The molecule has 0 spiro atoms. The molecule has 1 heterocycles. The van der Waals surface area contributed by atoms with Crippen molar-refractivity contribution in [1.82, 2.24) is 15.4 Å². The molecule has 3 N–H and O–H groups in total. The first-order valence-electron chi connectivity index (χ1n) is 9.82. The van der Waals surface area contributed by atoms with E-state index < -0.39 is 10.8 Å². The number of fused-ring (bicyclic) bond motifs is 1. The van der Waals surface area contributed by atoms with Crippen molar-refractivity contribution in [2.45, 2.75) is 13.8 Å². The van der Waals surface area contributed by atoms with Crippen molar-refractivity contribution in [3.05, 3.63) is 93.8 Å². The lowest BCUT2D eigenvalue weighted by Crippen LogP contribution is -2.30. The van der Waals surface area contributed by atoms with E-state index in [2.05, 4.69) is 26.1 Å². The predicted molar refractivity (Wildman–Crippen MR) is 123 cm³/mol. The topological polar surface area (TPSA) is 122 Å². The second-order valence-corrected chi connectivity index (χ2v) is 7.15. The summed E-state index contributed by atoms with van der Waals surface area (Å²) in [5.41, 5.74) is 7.80. The van der Waals surface area contributed by atoms with Gasteiger partial charge in [-0.15, -0.1) is 0 Å². The molecule has 0 bridgehead atoms. The van der Waals surface area contributed by atoms with Crippen molar-refractivity contribution < 1.29 is 9.72 Å². The van der Waals surface area contributed by atoms with E-state index in [1.54, 1.807) is 12.1 Å². The number of nitrogens with one attached hydrogen (secondary N) is 3. The minimum atomic E-state index is -0.597. The Kier molecular flexibility index (Phi) is 5.63. The molecule has 4 rings (SSSR count). The molecule has 9 heteroatoms. The Morgan fingerprint density at radius 3 is 2.47 bits per heavy atom. The summed E-state index contributed by atoms with van der Waals surface area (Å²) in [6.07, 6.45) is 1.19. The van der Waals surface area contributed by atoms with Gasteiger partial charge in [0.1, 0.15) is 6.33 Å². The highest BCUT2D eigenvalue weighted by molar-refractivity contribution is 6.07. The number of aromatic nitrogens is 2. The van der Waals surface area contributed by atoms with E-state index in [0.717, 1.165) is 21.9 Å². The maximum absolute atomic E-state index is 12.8. The van der Waals surface area contributed by atoms with E-state index in [4.69, 9.17) is 0 Å². The van der Waals surface area contributed by atoms with Gasteiger partial charge in [-0.25, -0.2) is 9.97 Å². The van der Waals surface area contributed by atoms with Gasteiger partial charge in [0.2, 0.25) is 11.6 Å². The van der Waals surface area contributed by atoms with E-state index >= 15 is 0 Å². The van der Waals surface area contributed by atoms with Crippen molar-refractivity contribution in [3.8, 4) is 0 Å². The molecule has 9 nitrogen and oxygen atoms in total. The van der Waals surface area contributed by atoms with Crippen LogP contribution in [0.1, 0.15) is 21.5 Å². The van der Waals surface area contributed by atoms with E-state index in [1.165, 1.54) is 6.33 Å². The monoisotopic (exact) mass is 428 g/mol. The van der Waals surface area contributed by atoms with Crippen LogP contribution in [0, 0.1) is 24.0 Å². The number of rotatable bonds is 6. The van der Waals surface area contributed by atoms with Crippen molar-refractivity contribution in [2.75, 3.05) is 10.7 Å². The fourth-order valence-electron chi connectivity index (χ4n) is 3.36. The predicted octanol–water partition coefficient (Wildman–Crippen LogP) is 4.66. The van der Waals surface area contributed by atoms with Crippen LogP contribution in [-0.2, 0) is 0 Å². The van der Waals surface area contributed by atoms with Gasteiger partial charge in [-0.1, -0.05) is 48.5 Å². The summed E-state index contributed by atoms with van der Waals surface area (Å²) in [6.45, 7) is 3.86. The summed E-state index contributed by atoms with van der Waals surface area (Å²) in [4.78, 5) is 32.0. The number of aryl methyl sites for hydroxylation is 1. The highest BCUT2D eigenvalue weighted by atomic mass is 16.6. The van der Waals surface area contributed by atoms with Gasteiger partial charge >= 0.3 is 5.69 Å². The lowest BCUT2D eigenvalue weighted by Gasteiger charge is -2.13. The summed E-state index contributed by atoms with van der Waals surface area (Å²) in [6, 6.07) is 18.4. The number of hydrogen-bond donors (Lipinski definition) is 3. The van der Waals surface area contributed by atoms with Crippen molar-refractivity contribution in [1.29, 1.82) is 0 Å². The number of hydrogen-bond acceptors (Lipinski definition) is 7. The van der Waals surface area contributed by atoms with Gasteiger partial charge in [-0.05, 0) is 47.9 Å². The first-order valence-corrected chi connectivity index (χ1v) is 9.82. The third-order valence-corrected chi connectivity index (χ3v) is 5.19. The molecular formula is C23H20N6O3. The van der Waals surface area contributed by atoms with E-state index in [0.29, 0.717) is 11.3 Å². The molecule has 0 saturated heterocycles. The maximum atomic E-state index is 12.8. The van der Waals surface area contributed by atoms with Crippen LogP contribution < -0.4 is 16.2 Å². The summed E-state index contributed by atoms with van der Waals surface area (Å²) in [7, 11) is 0. The van der Waals surface area contributed by atoms with Crippen molar-refractivity contribution in [3.63, 3.8) is 0 Å². The molecule has 32 heavy (non-hydrogen) atoms. The Balaban J connectivity index is 1.61. The van der Waals surface area contributed by atoms with Gasteiger partial charge in [0.15, 0.2) is 0 Å². The van der Waals surface area contributed by atoms with Crippen LogP contribution in [-0.4, -0.2) is 20.8 Å². The number of anilines is 3. The van der Waals surface area contributed by atoms with Gasteiger partial charge in [0.05, 0.1) is 4.92 Å². The second-order valence-electron chi connectivity index (χ2n) is 7.15. The average molecular weight is 428 g/mol. The second kappa shape index (κ2) is 8.68. The Hall–Kier alpha value is -4.53. The van der Waals surface area contributed by atoms with Crippen LogP contribution in [0.3, 0.4) is 0 Å². The summed E-state index contributed by atoms with van der Waals surface area (Å²) >= 11 is 0. The van der Waals surface area contributed by atoms with Gasteiger partial charge in [0, 0.05) is 11.3 Å². The third kappa shape index (κ3) is 4.04. The van der Waals surface area contributed by atoms with Crippen LogP contribution >= 0.6 is 0 Å². The normalized spacial score (nSPS) is 10.6. The molecule has 160 valence electrons. The van der Waals surface area contributed by atoms with Crippen LogP contribution in [0.2, 0.25) is 0 Å². The standard InChI is InChI=1S/C23H20N6O3/c1-14-7-5-12-19(15(14)2)26-21-20(29(31)32)22(25-13-24-21)27-28-23(30)18-11-6-9-16-8-3-4-10-17(16)18/h3-13H,1-2H3,(H,28,30)(H2,24,25,26,27). The molecule has 3 aromatic carbocycles. The molecule has 0 fully saturated rings. The molecule has 4 aromatic rings. The van der Waals surface area contributed by atoms with Crippen molar-refractivity contribution >= 4 is 39.7 Å². The van der Waals surface area contributed by atoms with Gasteiger partial charge in [-0.2, -0.15) is 0 Å². The Morgan fingerprint density at radius 2 is 1.66 bits per heavy atom. The highest BCUT2D eigenvalue weighted by Gasteiger charge is 2.24. The first-order chi connectivity index (χ1) is 15.5. The molecule has 0 unspecified atom stereocenters. The summed E-state index contributed by atoms with van der Waals surface area (Å²) in [5, 5.41) is 16.5. The maximum Gasteiger partial charge on any atom is 0.355 e. The van der Waals surface area contributed by atoms with Crippen LogP contribution in [0.25, 0.3) is 10.8 Å². The molecule has 0 aliphatic heterocycles. The molecule has 0 saturated carbocycles. The molecule has 0 radical (unpaired) electrons. The van der Waals surface area contributed by atoms with E-state index in [-0.39, 0.29) is 17.3 Å². The number of hydrazine groups is 1. The summed E-state index contributed by atoms with van der Waals surface area (Å²) in [5.74, 6) is -0.564. The fraction of sp³-hybridized carbons (Fsp3) is 0.0870. The van der Waals surface area contributed by atoms with Crippen LogP contribution in [0.4, 0.5) is 23.0 Å². The average Bonchev–Trinajstić information content (AvgIpc) is 2.80. The van der Waals surface area contributed by atoms with Gasteiger partial charge in [-0.3, -0.25) is 25.8 Å². The van der Waals surface area contributed by atoms with Crippen molar-refractivity contribution in [2.24, 2.45) is 0 Å². The Labute approximate surface area is 183 Å². The van der Waals surface area contributed by atoms with E-state index in [9.17, 15) is 14.9 Å².